The Labute approximate surface area is 526 Å². The van der Waals surface area contributed by atoms with Crippen LogP contribution in [0.1, 0.15) is 209 Å². The molecule has 4 unspecified atom stereocenters. The molecule has 4 aliphatic rings. The van der Waals surface area contributed by atoms with Crippen LogP contribution in [0.15, 0.2) is 48.5 Å². The number of hydrogen-bond acceptors (Lipinski definition) is 13. The van der Waals surface area contributed by atoms with Crippen LogP contribution >= 0.6 is 0 Å². The fourth-order valence-corrected chi connectivity index (χ4v) is 13.0. The number of fused-ring (bicyclic) bond motifs is 16. The number of H-pyrrole nitrogens is 4. The SMILES string of the molecule is CC1=C(CCC(=O)O)c2cc3nc(cc4[nH]c(cc5[nH]c(cc1n2)c(C)c5C(C)OC(C)c1c(C)c2cc5nc(cc6nc(cc7[nH]c(cc1[nH]2)c(C)c7CCC(=O)O)C(CCC(=O)O)=C6C)C(C)=C5C(C)O)c(C)c4C(C)O)C(C)=C3CCC(=O)O.NCCO. The highest BCUT2D eigenvalue weighted by molar-refractivity contribution is 5.99. The van der Waals surface area contributed by atoms with E-state index in [0.29, 0.717) is 102 Å². The van der Waals surface area contributed by atoms with Crippen molar-refractivity contribution in [3.63, 3.8) is 0 Å². The summed E-state index contributed by atoms with van der Waals surface area (Å²) in [7, 11) is 0. The van der Waals surface area contributed by atoms with Gasteiger partial charge in [0.15, 0.2) is 0 Å². The van der Waals surface area contributed by atoms with Gasteiger partial charge >= 0.3 is 23.9 Å². The van der Waals surface area contributed by atoms with Crippen molar-refractivity contribution in [1.29, 1.82) is 0 Å². The summed E-state index contributed by atoms with van der Waals surface area (Å²) in [6.45, 7) is 23.4. The Morgan fingerprint density at radius 3 is 1.16 bits per heavy atom. The molecule has 10 rings (SSSR count). The lowest BCUT2D eigenvalue weighted by molar-refractivity contribution is -0.137. The minimum atomic E-state index is -0.962. The summed E-state index contributed by atoms with van der Waals surface area (Å²) in [6, 6.07) is 15.3. The quantitative estimate of drug-likeness (QED) is 0.0358. The first kappa shape index (κ1) is 66.3. The summed E-state index contributed by atoms with van der Waals surface area (Å²) >= 11 is 0. The maximum atomic E-state index is 12.2. The number of carboxylic acids is 4. The highest BCUT2D eigenvalue weighted by Gasteiger charge is 2.29. The van der Waals surface area contributed by atoms with Crippen LogP contribution in [0, 0.1) is 27.7 Å². The third-order valence-electron chi connectivity index (χ3n) is 17.8. The molecule has 0 aliphatic carbocycles. The van der Waals surface area contributed by atoms with Crippen LogP contribution in [0.3, 0.4) is 0 Å². The van der Waals surface area contributed by atoms with Crippen molar-refractivity contribution in [2.75, 3.05) is 13.2 Å². The van der Waals surface area contributed by atoms with Crippen molar-refractivity contribution in [3.8, 4) is 0 Å². The van der Waals surface area contributed by atoms with Crippen LogP contribution in [0.25, 0.3) is 88.7 Å². The number of ether oxygens (including phenoxy) is 1. The lowest BCUT2D eigenvalue weighted by Crippen LogP contribution is -2.06. The summed E-state index contributed by atoms with van der Waals surface area (Å²) in [5, 5.41) is 70.0. The average molecular weight is 1240 g/mol. The van der Waals surface area contributed by atoms with Crippen LogP contribution < -0.4 is 5.73 Å². The summed E-state index contributed by atoms with van der Waals surface area (Å²) in [5.41, 5.74) is 27.3. The van der Waals surface area contributed by atoms with Crippen molar-refractivity contribution in [1.82, 2.24) is 39.9 Å². The average Bonchev–Trinajstić information content (AvgIpc) is 1.69. The molecular formula is C70H81N9O12. The van der Waals surface area contributed by atoms with Gasteiger partial charge in [0.2, 0.25) is 0 Å². The Morgan fingerprint density at radius 1 is 0.418 bits per heavy atom. The van der Waals surface area contributed by atoms with Crippen molar-refractivity contribution in [2.45, 2.75) is 159 Å². The van der Waals surface area contributed by atoms with E-state index in [2.05, 4.69) is 19.9 Å². The summed E-state index contributed by atoms with van der Waals surface area (Å²) in [6.07, 6.45) is -2.72. The van der Waals surface area contributed by atoms with E-state index in [0.717, 1.165) is 83.5 Å². The van der Waals surface area contributed by atoms with E-state index >= 15 is 0 Å². The molecule has 16 bridgehead atoms. The van der Waals surface area contributed by atoms with Crippen LogP contribution in [-0.4, -0.2) is 119 Å². The largest absolute Gasteiger partial charge is 0.481 e. The molecule has 0 aromatic carbocycles. The minimum Gasteiger partial charge on any atom is -0.481 e. The zero-order valence-electron chi connectivity index (χ0n) is 53.5. The monoisotopic (exact) mass is 1240 g/mol. The number of aliphatic hydroxyl groups excluding tert-OH is 3. The van der Waals surface area contributed by atoms with Crippen LogP contribution in [0.5, 0.6) is 0 Å². The Hall–Kier alpha value is -9.12. The zero-order chi connectivity index (χ0) is 66.2. The number of aryl methyl sites for hydroxylation is 5. The topological polar surface area (TPSA) is 360 Å². The van der Waals surface area contributed by atoms with Gasteiger partial charge in [-0.05, 0) is 224 Å². The van der Waals surface area contributed by atoms with E-state index in [4.69, 9.17) is 35.5 Å². The highest BCUT2D eigenvalue weighted by Crippen LogP contribution is 2.43. The molecular weight excluding hydrogens is 1160 g/mol. The normalized spacial score (nSPS) is 14.6. The van der Waals surface area contributed by atoms with Crippen LogP contribution in [0.4, 0.5) is 0 Å². The second-order valence-electron chi connectivity index (χ2n) is 23.9. The number of nitrogens with zero attached hydrogens (tertiary/aromatic N) is 4. The molecule has 10 heterocycles. The van der Waals surface area contributed by atoms with Crippen molar-refractivity contribution in [2.24, 2.45) is 5.73 Å². The van der Waals surface area contributed by atoms with E-state index in [1.165, 1.54) is 0 Å². The molecule has 478 valence electrons. The Balaban J connectivity index is 0.00000238. The van der Waals surface area contributed by atoms with Gasteiger partial charge in [-0.25, -0.2) is 19.9 Å². The highest BCUT2D eigenvalue weighted by atomic mass is 16.5. The molecule has 21 heteroatoms. The van der Waals surface area contributed by atoms with Crippen molar-refractivity contribution < 1.29 is 59.7 Å². The molecule has 0 amide bonds. The predicted molar refractivity (Wildman–Crippen MR) is 354 cm³/mol. The van der Waals surface area contributed by atoms with E-state index < -0.39 is 48.3 Å². The van der Waals surface area contributed by atoms with Gasteiger partial charge in [-0.3, -0.25) is 19.2 Å². The second kappa shape index (κ2) is 27.1. The molecule has 0 saturated heterocycles. The molecule has 0 saturated carbocycles. The first-order chi connectivity index (χ1) is 43.1. The van der Waals surface area contributed by atoms with Crippen molar-refractivity contribution in [3.05, 3.63) is 139 Å². The Morgan fingerprint density at radius 2 is 0.736 bits per heavy atom. The molecule has 4 atom stereocenters. The van der Waals surface area contributed by atoms with Crippen LogP contribution in [0.2, 0.25) is 0 Å². The number of aromatic nitrogens is 8. The van der Waals surface area contributed by atoms with Crippen LogP contribution in [-0.2, 0) is 30.3 Å². The number of aromatic amines is 4. The molecule has 4 aliphatic heterocycles. The molecule has 0 radical (unpaired) electrons. The van der Waals surface area contributed by atoms with Crippen molar-refractivity contribution >= 4 is 113 Å². The number of aliphatic hydroxyl groups is 3. The van der Waals surface area contributed by atoms with E-state index in [-0.39, 0.29) is 58.0 Å². The third-order valence-corrected chi connectivity index (χ3v) is 17.8. The molecule has 13 N–H and O–H groups in total. The number of nitrogens with one attached hydrogen (secondary N) is 4. The summed E-state index contributed by atoms with van der Waals surface area (Å²) in [5.74, 6) is -3.82. The fraction of sp³-hybridized carbons (Fsp3) is 0.371. The van der Waals surface area contributed by atoms with Gasteiger partial charge < -0.3 is 66.2 Å². The van der Waals surface area contributed by atoms with Gasteiger partial charge in [0.05, 0.1) is 76.6 Å². The maximum absolute atomic E-state index is 12.2. The molecule has 91 heavy (non-hydrogen) atoms. The first-order valence-electron chi connectivity index (χ1n) is 30.6. The first-order valence-corrected chi connectivity index (χ1v) is 30.6. The molecule has 0 fully saturated rings. The van der Waals surface area contributed by atoms with E-state index in [9.17, 15) is 49.8 Å². The van der Waals surface area contributed by atoms with Gasteiger partial charge in [0, 0.05) is 98.6 Å². The summed E-state index contributed by atoms with van der Waals surface area (Å²) in [4.78, 5) is 83.1. The van der Waals surface area contributed by atoms with Gasteiger partial charge in [-0.15, -0.1) is 0 Å². The number of hydrogen-bond donors (Lipinski definition) is 12. The van der Waals surface area contributed by atoms with Gasteiger partial charge in [-0.2, -0.15) is 0 Å². The molecule has 21 nitrogen and oxygen atoms in total. The maximum Gasteiger partial charge on any atom is 0.303 e. The van der Waals surface area contributed by atoms with E-state index in [1.807, 2.05) is 118 Å². The lowest BCUT2D eigenvalue weighted by Gasteiger charge is -2.20. The molecule has 6 aromatic rings. The Bertz CT molecular complexity index is 4470. The number of carbonyl (C=O) groups is 4. The number of aliphatic carboxylic acids is 4. The van der Waals surface area contributed by atoms with Gasteiger partial charge in [0.25, 0.3) is 0 Å². The molecule has 0 spiro atoms. The number of carboxylic acid groups (broad SMARTS) is 4. The predicted octanol–water partition coefficient (Wildman–Crippen LogP) is 12.7. The van der Waals surface area contributed by atoms with Gasteiger partial charge in [0.1, 0.15) is 0 Å². The standard InChI is InChI=1S/C68H74N8O11.C2H7NO/c1-29-41(13-17-61(79)80)53-28-56-44(16-20-64(85)86)32(4)48(72-56)24-59-68(36(8)52(76-59)25-58-65(37(9)77)33(5)49(73-58)21-45(29)69-53)40(12)87-39(11)67-35(7)50-22-46-30(2)42(14-18-62(81)82)54(70-46)27-55-43(15-19-63(83)84)31(3)47(71-55)23-57-66(38(10)78)34(6)51(74-57)26-60(67)75-50;3-1-2-4/h21-28,37-40,72,74-78H,13-20H2,1-12H3,(H,79,80)(H,81,82)(H,83,84)(H,85,86);4H,1-3H2. The third kappa shape index (κ3) is 13.7. The zero-order valence-corrected chi connectivity index (χ0v) is 53.5. The lowest BCUT2D eigenvalue weighted by atomic mass is 9.98. The number of nitrogens with two attached hydrogens (primary N) is 1. The Kier molecular flexibility index (Phi) is 19.8. The fourth-order valence-electron chi connectivity index (χ4n) is 13.0. The molecule has 6 aromatic heterocycles. The summed E-state index contributed by atoms with van der Waals surface area (Å²) < 4.78 is 7.28. The number of allylic oxidation sites excluding steroid dienone is 7. The smallest absolute Gasteiger partial charge is 0.303 e. The van der Waals surface area contributed by atoms with Gasteiger partial charge in [-0.1, -0.05) is 0 Å². The second-order valence-corrected chi connectivity index (χ2v) is 23.9. The van der Waals surface area contributed by atoms with E-state index in [1.54, 1.807) is 13.8 Å². The minimum absolute atomic E-state index is 0.0972. The number of rotatable bonds is 19.